The lowest BCUT2D eigenvalue weighted by Gasteiger charge is -2.16. The minimum Gasteiger partial charge on any atom is -0.493 e. The van der Waals surface area contributed by atoms with Crippen LogP contribution in [0, 0.1) is 0 Å². The molecule has 1 N–H and O–H groups in total. The van der Waals surface area contributed by atoms with Gasteiger partial charge in [-0.15, -0.1) is 11.6 Å². The summed E-state index contributed by atoms with van der Waals surface area (Å²) in [6.07, 6.45) is 0.779. The third-order valence-corrected chi connectivity index (χ3v) is 3.03. The van der Waals surface area contributed by atoms with E-state index in [4.69, 9.17) is 21.1 Å². The zero-order valence-electron chi connectivity index (χ0n) is 10.8. The Morgan fingerprint density at radius 3 is 2.61 bits per heavy atom. The molecular formula is C13H18ClNO3. The van der Waals surface area contributed by atoms with Crippen molar-refractivity contribution in [3.63, 3.8) is 0 Å². The highest BCUT2D eigenvalue weighted by atomic mass is 35.5. The van der Waals surface area contributed by atoms with Gasteiger partial charge in [0.15, 0.2) is 11.5 Å². The molecule has 1 atom stereocenters. The van der Waals surface area contributed by atoms with Gasteiger partial charge >= 0.3 is 0 Å². The first kappa shape index (κ1) is 14.6. The molecule has 1 unspecified atom stereocenters. The summed E-state index contributed by atoms with van der Waals surface area (Å²) >= 11 is 5.76. The van der Waals surface area contributed by atoms with Gasteiger partial charge in [0.25, 0.3) is 5.91 Å². The molecule has 0 fully saturated rings. The number of hydrogen-bond acceptors (Lipinski definition) is 3. The molecule has 0 spiro atoms. The molecule has 1 rings (SSSR count). The predicted octanol–water partition coefficient (Wildman–Crippen LogP) is 2.45. The number of nitrogens with one attached hydrogen (secondary N) is 1. The fourth-order valence-electron chi connectivity index (χ4n) is 1.58. The molecule has 18 heavy (non-hydrogen) atoms. The highest BCUT2D eigenvalue weighted by molar-refractivity contribution is 6.18. The van der Waals surface area contributed by atoms with Crippen molar-refractivity contribution in [3.05, 3.63) is 23.8 Å². The monoisotopic (exact) mass is 271 g/mol. The summed E-state index contributed by atoms with van der Waals surface area (Å²) in [6.45, 7) is 1.97. The van der Waals surface area contributed by atoms with E-state index >= 15 is 0 Å². The van der Waals surface area contributed by atoms with E-state index in [1.807, 2.05) is 6.92 Å². The van der Waals surface area contributed by atoms with Gasteiger partial charge in [-0.2, -0.15) is 0 Å². The Bertz CT molecular complexity index is 405. The number of para-hydroxylation sites is 1. The van der Waals surface area contributed by atoms with Crippen LogP contribution in [0.1, 0.15) is 23.7 Å². The third kappa shape index (κ3) is 3.29. The summed E-state index contributed by atoms with van der Waals surface area (Å²) in [7, 11) is 3.04. The lowest BCUT2D eigenvalue weighted by atomic mass is 10.1. The molecule has 100 valence electrons. The van der Waals surface area contributed by atoms with E-state index < -0.39 is 0 Å². The fourth-order valence-corrected chi connectivity index (χ4v) is 1.87. The summed E-state index contributed by atoms with van der Waals surface area (Å²) in [6, 6.07) is 5.14. The molecule has 0 saturated carbocycles. The number of ether oxygens (including phenoxy) is 2. The van der Waals surface area contributed by atoms with E-state index in [1.165, 1.54) is 14.2 Å². The minimum absolute atomic E-state index is 0.0462. The lowest BCUT2D eigenvalue weighted by molar-refractivity contribution is 0.0936. The summed E-state index contributed by atoms with van der Waals surface area (Å²) in [5, 5.41) is 2.85. The summed E-state index contributed by atoms with van der Waals surface area (Å²) in [5.41, 5.74) is 0.445. The number of carbonyl (C=O) groups is 1. The molecule has 1 aromatic carbocycles. The summed E-state index contributed by atoms with van der Waals surface area (Å²) in [5.74, 6) is 1.14. The molecular weight excluding hydrogens is 254 g/mol. The van der Waals surface area contributed by atoms with Gasteiger partial charge in [0, 0.05) is 11.9 Å². The van der Waals surface area contributed by atoms with Crippen molar-refractivity contribution in [2.75, 3.05) is 20.1 Å². The molecule has 0 radical (unpaired) electrons. The van der Waals surface area contributed by atoms with Gasteiger partial charge in [-0.3, -0.25) is 4.79 Å². The van der Waals surface area contributed by atoms with Crippen LogP contribution in [0.2, 0.25) is 0 Å². The average molecular weight is 272 g/mol. The molecule has 0 saturated heterocycles. The highest BCUT2D eigenvalue weighted by Crippen LogP contribution is 2.30. The Labute approximate surface area is 112 Å². The molecule has 0 aliphatic carbocycles. The SMILES string of the molecule is CCC(CCl)NC(=O)c1cccc(OC)c1OC. The van der Waals surface area contributed by atoms with Crippen molar-refractivity contribution in [1.29, 1.82) is 0 Å². The Hall–Kier alpha value is -1.42. The summed E-state index contributed by atoms with van der Waals surface area (Å²) < 4.78 is 10.4. The van der Waals surface area contributed by atoms with Crippen molar-refractivity contribution in [2.45, 2.75) is 19.4 Å². The van der Waals surface area contributed by atoms with Crippen LogP contribution in [0.15, 0.2) is 18.2 Å². The Morgan fingerprint density at radius 2 is 2.11 bits per heavy atom. The highest BCUT2D eigenvalue weighted by Gasteiger charge is 2.18. The maximum atomic E-state index is 12.1. The second-order valence-corrected chi connectivity index (χ2v) is 4.08. The van der Waals surface area contributed by atoms with Gasteiger partial charge in [-0.25, -0.2) is 0 Å². The zero-order valence-corrected chi connectivity index (χ0v) is 11.6. The number of carbonyl (C=O) groups excluding carboxylic acids is 1. The van der Waals surface area contributed by atoms with Gasteiger partial charge in [0.1, 0.15) is 0 Å². The first-order valence-electron chi connectivity index (χ1n) is 5.75. The molecule has 5 heteroatoms. The van der Waals surface area contributed by atoms with E-state index in [0.717, 1.165) is 6.42 Å². The fraction of sp³-hybridized carbons (Fsp3) is 0.462. The van der Waals surface area contributed by atoms with Crippen LogP contribution in [0.5, 0.6) is 11.5 Å². The van der Waals surface area contributed by atoms with Gasteiger partial charge in [-0.1, -0.05) is 13.0 Å². The number of hydrogen-bond donors (Lipinski definition) is 1. The second kappa shape index (κ2) is 7.11. The number of methoxy groups -OCH3 is 2. The van der Waals surface area contributed by atoms with E-state index in [1.54, 1.807) is 18.2 Å². The van der Waals surface area contributed by atoms with Gasteiger partial charge < -0.3 is 14.8 Å². The largest absolute Gasteiger partial charge is 0.493 e. The van der Waals surface area contributed by atoms with Crippen molar-refractivity contribution in [2.24, 2.45) is 0 Å². The third-order valence-electron chi connectivity index (χ3n) is 2.66. The van der Waals surface area contributed by atoms with E-state index in [-0.39, 0.29) is 11.9 Å². The quantitative estimate of drug-likeness (QED) is 0.809. The van der Waals surface area contributed by atoms with Gasteiger partial charge in [0.2, 0.25) is 0 Å². The molecule has 0 bridgehead atoms. The van der Waals surface area contributed by atoms with Gasteiger partial charge in [0.05, 0.1) is 19.8 Å². The van der Waals surface area contributed by atoms with Gasteiger partial charge in [-0.05, 0) is 18.6 Å². The molecule has 0 aliphatic rings. The van der Waals surface area contributed by atoms with Crippen molar-refractivity contribution < 1.29 is 14.3 Å². The van der Waals surface area contributed by atoms with E-state index in [2.05, 4.69) is 5.32 Å². The minimum atomic E-state index is -0.210. The molecule has 1 amide bonds. The topological polar surface area (TPSA) is 47.6 Å². The number of halogens is 1. The number of amides is 1. The maximum Gasteiger partial charge on any atom is 0.255 e. The smallest absolute Gasteiger partial charge is 0.255 e. The molecule has 0 aromatic heterocycles. The summed E-state index contributed by atoms with van der Waals surface area (Å²) in [4.78, 5) is 12.1. The molecule has 0 aliphatic heterocycles. The number of rotatable bonds is 6. The lowest BCUT2D eigenvalue weighted by Crippen LogP contribution is -2.35. The average Bonchev–Trinajstić information content (AvgIpc) is 2.43. The standard InChI is InChI=1S/C13H18ClNO3/c1-4-9(8-14)15-13(16)10-6-5-7-11(17-2)12(10)18-3/h5-7,9H,4,8H2,1-3H3,(H,15,16). The van der Waals surface area contributed by atoms with Crippen LogP contribution in [-0.4, -0.2) is 32.0 Å². The Kier molecular flexibility index (Phi) is 5.78. The van der Waals surface area contributed by atoms with Crippen LogP contribution in [0.25, 0.3) is 0 Å². The van der Waals surface area contributed by atoms with Crippen LogP contribution in [0.4, 0.5) is 0 Å². The molecule has 1 aromatic rings. The normalized spacial score (nSPS) is 11.8. The van der Waals surface area contributed by atoms with Crippen LogP contribution >= 0.6 is 11.6 Å². The predicted molar refractivity (Wildman–Crippen MR) is 71.8 cm³/mol. The van der Waals surface area contributed by atoms with Crippen LogP contribution in [0.3, 0.4) is 0 Å². The number of benzene rings is 1. The van der Waals surface area contributed by atoms with E-state index in [0.29, 0.717) is 22.9 Å². The maximum absolute atomic E-state index is 12.1. The first-order valence-corrected chi connectivity index (χ1v) is 6.29. The van der Waals surface area contributed by atoms with Crippen molar-refractivity contribution in [3.8, 4) is 11.5 Å². The number of alkyl halides is 1. The second-order valence-electron chi connectivity index (χ2n) is 3.77. The Morgan fingerprint density at radius 1 is 1.39 bits per heavy atom. The van der Waals surface area contributed by atoms with Crippen LogP contribution in [-0.2, 0) is 0 Å². The van der Waals surface area contributed by atoms with Crippen molar-refractivity contribution in [1.82, 2.24) is 5.32 Å². The van der Waals surface area contributed by atoms with Crippen LogP contribution < -0.4 is 14.8 Å². The Balaban J connectivity index is 2.98. The van der Waals surface area contributed by atoms with Crippen molar-refractivity contribution >= 4 is 17.5 Å². The first-order chi connectivity index (χ1) is 8.67. The molecule has 0 heterocycles. The zero-order chi connectivity index (χ0) is 13.5. The molecule has 4 nitrogen and oxygen atoms in total. The van der Waals surface area contributed by atoms with E-state index in [9.17, 15) is 4.79 Å².